The van der Waals surface area contributed by atoms with E-state index in [1.807, 2.05) is 18.4 Å². The summed E-state index contributed by atoms with van der Waals surface area (Å²) in [6.45, 7) is 2.52. The Hall–Kier alpha value is -1.74. The molecule has 2 aromatic heterocycles. The summed E-state index contributed by atoms with van der Waals surface area (Å²) in [7, 11) is 0. The van der Waals surface area contributed by atoms with Gasteiger partial charge in [-0.25, -0.2) is 14.6 Å². The average Bonchev–Trinajstić information content (AvgIpc) is 2.76. The van der Waals surface area contributed by atoms with Crippen LogP contribution in [0.3, 0.4) is 0 Å². The molecule has 2 rings (SSSR count). The predicted molar refractivity (Wildman–Crippen MR) is 50.7 cm³/mol. The lowest BCUT2D eigenvalue weighted by Crippen LogP contribution is -2.00. The van der Waals surface area contributed by atoms with Gasteiger partial charge in [-0.05, 0) is 6.92 Å². The molecule has 0 aromatic carbocycles. The van der Waals surface area contributed by atoms with Crippen molar-refractivity contribution in [2.45, 2.75) is 13.5 Å². The average molecular weight is 205 g/mol. The molecule has 0 atom stereocenters. The Kier molecular flexibility index (Phi) is 2.24. The number of hydrogen-bond donors (Lipinski definition) is 0. The second-order valence-electron chi connectivity index (χ2n) is 2.76. The van der Waals surface area contributed by atoms with Crippen LogP contribution in [0.2, 0.25) is 0 Å². The lowest BCUT2D eigenvalue weighted by molar-refractivity contribution is 0.678. The Morgan fingerprint density at radius 2 is 2.50 bits per heavy atom. The van der Waals surface area contributed by atoms with Gasteiger partial charge in [0.1, 0.15) is 17.4 Å². The number of aromatic nitrogens is 4. The van der Waals surface area contributed by atoms with Gasteiger partial charge in [0.25, 0.3) is 5.82 Å². The fourth-order valence-electron chi connectivity index (χ4n) is 1.04. The van der Waals surface area contributed by atoms with Gasteiger partial charge in [0.15, 0.2) is 0 Å². The molecule has 0 saturated heterocycles. The van der Waals surface area contributed by atoms with Crippen LogP contribution >= 0.6 is 11.3 Å². The van der Waals surface area contributed by atoms with E-state index in [0.717, 1.165) is 10.7 Å². The first-order chi connectivity index (χ1) is 6.78. The summed E-state index contributed by atoms with van der Waals surface area (Å²) in [5.74, 6) is 0.193. The van der Waals surface area contributed by atoms with Crippen LogP contribution < -0.4 is 0 Å². The van der Waals surface area contributed by atoms with Crippen molar-refractivity contribution in [3.63, 3.8) is 0 Å². The van der Waals surface area contributed by atoms with Gasteiger partial charge in [-0.3, -0.25) is 0 Å². The van der Waals surface area contributed by atoms with Gasteiger partial charge >= 0.3 is 0 Å². The monoisotopic (exact) mass is 205 g/mol. The molecule has 0 unspecified atom stereocenters. The van der Waals surface area contributed by atoms with Crippen molar-refractivity contribution in [1.29, 1.82) is 5.26 Å². The van der Waals surface area contributed by atoms with Crippen molar-refractivity contribution >= 4 is 11.3 Å². The minimum Gasteiger partial charge on any atom is -0.245 e. The molecule has 0 aliphatic carbocycles. The van der Waals surface area contributed by atoms with Crippen molar-refractivity contribution in [2.75, 3.05) is 0 Å². The first-order valence-electron chi connectivity index (χ1n) is 3.98. The van der Waals surface area contributed by atoms with E-state index in [4.69, 9.17) is 5.26 Å². The third-order valence-electron chi connectivity index (χ3n) is 1.60. The number of nitrogens with zero attached hydrogens (tertiary/aromatic N) is 5. The molecule has 0 amide bonds. The van der Waals surface area contributed by atoms with Crippen molar-refractivity contribution in [3.8, 4) is 6.07 Å². The highest BCUT2D eigenvalue weighted by Crippen LogP contribution is 2.09. The van der Waals surface area contributed by atoms with Crippen LogP contribution in [0.1, 0.15) is 16.5 Å². The maximum atomic E-state index is 8.52. The topological polar surface area (TPSA) is 67.4 Å². The quantitative estimate of drug-likeness (QED) is 0.732. The van der Waals surface area contributed by atoms with Gasteiger partial charge < -0.3 is 0 Å². The van der Waals surface area contributed by atoms with E-state index < -0.39 is 0 Å². The number of hydrogen-bond acceptors (Lipinski definition) is 5. The zero-order valence-corrected chi connectivity index (χ0v) is 8.32. The van der Waals surface area contributed by atoms with Crippen LogP contribution in [0, 0.1) is 18.3 Å². The number of rotatable bonds is 2. The predicted octanol–water partition coefficient (Wildman–Crippen LogP) is 0.963. The first kappa shape index (κ1) is 8.84. The Morgan fingerprint density at radius 1 is 1.64 bits per heavy atom. The van der Waals surface area contributed by atoms with E-state index in [-0.39, 0.29) is 5.82 Å². The second kappa shape index (κ2) is 3.55. The van der Waals surface area contributed by atoms with Crippen LogP contribution in [-0.4, -0.2) is 19.7 Å². The third kappa shape index (κ3) is 1.78. The normalized spacial score (nSPS) is 10.0. The van der Waals surface area contributed by atoms with Gasteiger partial charge in [-0.15, -0.1) is 16.4 Å². The summed E-state index contributed by atoms with van der Waals surface area (Å²) < 4.78 is 1.61. The van der Waals surface area contributed by atoms with E-state index in [0.29, 0.717) is 6.54 Å². The number of thiazole rings is 1. The lowest BCUT2D eigenvalue weighted by atomic mass is 10.6. The Labute approximate surface area is 84.7 Å². The summed E-state index contributed by atoms with van der Waals surface area (Å²) in [6.07, 6.45) is 1.54. The van der Waals surface area contributed by atoms with Crippen molar-refractivity contribution in [3.05, 3.63) is 28.2 Å². The van der Waals surface area contributed by atoms with E-state index in [1.165, 1.54) is 6.33 Å². The van der Waals surface area contributed by atoms with E-state index in [1.54, 1.807) is 16.0 Å². The fourth-order valence-corrected chi connectivity index (χ4v) is 1.80. The van der Waals surface area contributed by atoms with E-state index >= 15 is 0 Å². The van der Waals surface area contributed by atoms with Gasteiger partial charge in [-0.2, -0.15) is 5.26 Å². The highest BCUT2D eigenvalue weighted by atomic mass is 32.1. The van der Waals surface area contributed by atoms with Crippen molar-refractivity contribution < 1.29 is 0 Å². The van der Waals surface area contributed by atoms with Crippen molar-refractivity contribution in [2.24, 2.45) is 0 Å². The molecule has 14 heavy (non-hydrogen) atoms. The van der Waals surface area contributed by atoms with Crippen LogP contribution in [0.5, 0.6) is 0 Å². The van der Waals surface area contributed by atoms with Crippen LogP contribution in [-0.2, 0) is 6.54 Å². The molecule has 0 saturated carbocycles. The molecule has 0 radical (unpaired) electrons. The molecule has 0 aliphatic heterocycles. The highest BCUT2D eigenvalue weighted by Gasteiger charge is 2.02. The summed E-state index contributed by atoms with van der Waals surface area (Å²) >= 11 is 1.58. The molecule has 6 heteroatoms. The van der Waals surface area contributed by atoms with Gasteiger partial charge in [-0.1, -0.05) is 0 Å². The number of nitriles is 1. The number of aryl methyl sites for hydroxylation is 1. The lowest BCUT2D eigenvalue weighted by Gasteiger charge is -1.93. The van der Waals surface area contributed by atoms with E-state index in [2.05, 4.69) is 15.1 Å². The van der Waals surface area contributed by atoms with Gasteiger partial charge in [0.05, 0.1) is 6.54 Å². The Bertz CT molecular complexity index is 478. The molecular weight excluding hydrogens is 198 g/mol. The summed E-state index contributed by atoms with van der Waals surface area (Å²) in [4.78, 5) is 8.09. The molecule has 2 aromatic rings. The summed E-state index contributed by atoms with van der Waals surface area (Å²) in [5, 5.41) is 15.4. The minimum atomic E-state index is 0.193. The summed E-state index contributed by atoms with van der Waals surface area (Å²) in [5.41, 5.74) is 1.01. The maximum absolute atomic E-state index is 8.52. The minimum absolute atomic E-state index is 0.193. The van der Waals surface area contributed by atoms with E-state index in [9.17, 15) is 0 Å². The van der Waals surface area contributed by atoms with Gasteiger partial charge in [0.2, 0.25) is 0 Å². The third-order valence-corrected chi connectivity index (χ3v) is 2.55. The second-order valence-corrected chi connectivity index (χ2v) is 3.70. The van der Waals surface area contributed by atoms with Crippen LogP contribution in [0.15, 0.2) is 11.7 Å². The molecule has 0 fully saturated rings. The zero-order chi connectivity index (χ0) is 9.97. The molecule has 0 bridgehead atoms. The maximum Gasteiger partial charge on any atom is 0.252 e. The molecule has 0 aliphatic rings. The van der Waals surface area contributed by atoms with Crippen LogP contribution in [0.25, 0.3) is 0 Å². The fraction of sp³-hybridized carbons (Fsp3) is 0.250. The molecule has 70 valence electrons. The molecule has 2 heterocycles. The van der Waals surface area contributed by atoms with Crippen molar-refractivity contribution in [1.82, 2.24) is 19.7 Å². The Balaban J connectivity index is 2.15. The molecule has 5 nitrogen and oxygen atoms in total. The standard InChI is InChI=1S/C8H7N5S/c1-6-4-14-8(11-6)3-13-5-10-7(2-9)12-13/h4-5H,3H2,1H3. The molecule has 0 spiro atoms. The highest BCUT2D eigenvalue weighted by molar-refractivity contribution is 7.09. The smallest absolute Gasteiger partial charge is 0.245 e. The van der Waals surface area contributed by atoms with Gasteiger partial charge in [0, 0.05) is 11.1 Å². The molecular formula is C8H7N5S. The Morgan fingerprint density at radius 3 is 3.07 bits per heavy atom. The zero-order valence-electron chi connectivity index (χ0n) is 7.51. The first-order valence-corrected chi connectivity index (χ1v) is 4.86. The van der Waals surface area contributed by atoms with Crippen LogP contribution in [0.4, 0.5) is 0 Å². The largest absolute Gasteiger partial charge is 0.252 e. The summed E-state index contributed by atoms with van der Waals surface area (Å²) in [6, 6.07) is 1.88. The SMILES string of the molecule is Cc1csc(Cn2cnc(C#N)n2)n1. The molecule has 0 N–H and O–H groups in total.